The highest BCUT2D eigenvalue weighted by Crippen LogP contribution is 2.29. The van der Waals surface area contributed by atoms with Gasteiger partial charge in [0.15, 0.2) is 6.19 Å². The molecule has 0 N–H and O–H groups in total. The summed E-state index contributed by atoms with van der Waals surface area (Å²) in [6.45, 7) is 3.88. The molecule has 20 heavy (non-hydrogen) atoms. The van der Waals surface area contributed by atoms with Gasteiger partial charge in [-0.15, -0.1) is 0 Å². The van der Waals surface area contributed by atoms with Crippen molar-refractivity contribution in [3.05, 3.63) is 0 Å². The third-order valence-electron chi connectivity index (χ3n) is 3.06. The van der Waals surface area contributed by atoms with Crippen LogP contribution >= 0.6 is 0 Å². The first-order chi connectivity index (χ1) is 9.16. The van der Waals surface area contributed by atoms with Crippen LogP contribution in [0, 0.1) is 17.4 Å². The number of carbonyl (C=O) groups is 2. The quantitative estimate of drug-likeness (QED) is 0.452. The largest absolute Gasteiger partial charge is 0.491 e. The molecule has 5 nitrogen and oxygen atoms in total. The van der Waals surface area contributed by atoms with Gasteiger partial charge in [-0.3, -0.25) is 4.90 Å². The van der Waals surface area contributed by atoms with Crippen molar-refractivity contribution >= 4 is 11.9 Å². The molecule has 2 unspecified atom stereocenters. The van der Waals surface area contributed by atoms with Gasteiger partial charge in [-0.25, -0.2) is 9.59 Å². The van der Waals surface area contributed by atoms with Gasteiger partial charge in [-0.1, -0.05) is 13.8 Å². The van der Waals surface area contributed by atoms with E-state index in [1.807, 2.05) is 13.8 Å². The van der Waals surface area contributed by atoms with Gasteiger partial charge in [0.1, 0.15) is 6.04 Å². The summed E-state index contributed by atoms with van der Waals surface area (Å²) >= 11 is 0. The molecule has 0 aromatic rings. The predicted octanol–water partition coefficient (Wildman–Crippen LogP) is 1.98. The molecule has 0 aliphatic carbocycles. The number of alkyl halides is 3. The molecule has 1 rings (SSSR count). The standard InChI is InChI=1S/C12H15F3N2O3/c1-7(2)5-8-3-4-9(17(8)6-16)10(18)20-11(19)12(13,14)15/h7-9H,3-5H2,1-2H3. The first-order valence-electron chi connectivity index (χ1n) is 6.17. The second-order valence-electron chi connectivity index (χ2n) is 5.09. The average molecular weight is 292 g/mol. The van der Waals surface area contributed by atoms with E-state index in [4.69, 9.17) is 5.26 Å². The van der Waals surface area contributed by atoms with Crippen LogP contribution in [-0.4, -0.2) is 35.1 Å². The average Bonchev–Trinajstić information content (AvgIpc) is 2.69. The Kier molecular flexibility index (Phi) is 4.98. The van der Waals surface area contributed by atoms with Crippen molar-refractivity contribution in [1.29, 1.82) is 5.26 Å². The number of nitrogens with zero attached hydrogens (tertiary/aromatic N) is 2. The molecule has 0 radical (unpaired) electrons. The summed E-state index contributed by atoms with van der Waals surface area (Å²) < 4.78 is 39.8. The third-order valence-corrected chi connectivity index (χ3v) is 3.06. The molecule has 0 aromatic carbocycles. The van der Waals surface area contributed by atoms with Crippen LogP contribution < -0.4 is 0 Å². The fraction of sp³-hybridized carbons (Fsp3) is 0.750. The number of hydrogen-bond acceptors (Lipinski definition) is 5. The Labute approximate surface area is 114 Å². The molecule has 8 heteroatoms. The van der Waals surface area contributed by atoms with Crippen LogP contribution in [0.5, 0.6) is 0 Å². The minimum absolute atomic E-state index is 0.203. The van der Waals surface area contributed by atoms with Gasteiger partial charge in [0.05, 0.1) is 0 Å². The molecule has 0 aromatic heterocycles. The molecule has 1 fully saturated rings. The lowest BCUT2D eigenvalue weighted by molar-refractivity contribution is -0.203. The second-order valence-corrected chi connectivity index (χ2v) is 5.09. The van der Waals surface area contributed by atoms with Crippen molar-refractivity contribution in [1.82, 2.24) is 4.90 Å². The van der Waals surface area contributed by atoms with Crippen LogP contribution in [0.3, 0.4) is 0 Å². The highest BCUT2D eigenvalue weighted by atomic mass is 19.4. The summed E-state index contributed by atoms with van der Waals surface area (Å²) in [5, 5.41) is 9.02. The number of hydrogen-bond donors (Lipinski definition) is 0. The van der Waals surface area contributed by atoms with E-state index in [-0.39, 0.29) is 18.4 Å². The molecule has 1 heterocycles. The van der Waals surface area contributed by atoms with Crippen molar-refractivity contribution < 1.29 is 27.5 Å². The Balaban J connectivity index is 2.70. The number of likely N-dealkylation sites (tertiary alicyclic amines) is 1. The Morgan fingerprint density at radius 1 is 1.40 bits per heavy atom. The van der Waals surface area contributed by atoms with Crippen LogP contribution in [0.25, 0.3) is 0 Å². The zero-order valence-electron chi connectivity index (χ0n) is 11.1. The number of ether oxygens (including phenoxy) is 1. The molecule has 0 amide bonds. The summed E-state index contributed by atoms with van der Waals surface area (Å²) in [6.07, 6.45) is -2.06. The molecular weight excluding hydrogens is 277 g/mol. The Morgan fingerprint density at radius 3 is 2.45 bits per heavy atom. The van der Waals surface area contributed by atoms with Crippen LogP contribution in [0.4, 0.5) is 13.2 Å². The van der Waals surface area contributed by atoms with E-state index in [9.17, 15) is 22.8 Å². The molecule has 2 atom stereocenters. The lowest BCUT2D eigenvalue weighted by Crippen LogP contribution is -2.41. The Hall–Kier alpha value is -1.78. The van der Waals surface area contributed by atoms with Crippen LogP contribution in [0.1, 0.15) is 33.1 Å². The zero-order chi connectivity index (χ0) is 15.5. The minimum Gasteiger partial charge on any atom is -0.385 e. The van der Waals surface area contributed by atoms with E-state index in [1.54, 1.807) is 6.19 Å². The first kappa shape index (κ1) is 16.3. The number of carbonyl (C=O) groups excluding carboxylic acids is 2. The number of halogens is 3. The first-order valence-corrected chi connectivity index (χ1v) is 6.17. The molecule has 1 saturated heterocycles. The smallest absolute Gasteiger partial charge is 0.385 e. The van der Waals surface area contributed by atoms with Crippen molar-refractivity contribution in [2.75, 3.05) is 0 Å². The summed E-state index contributed by atoms with van der Waals surface area (Å²) in [5.41, 5.74) is 0. The monoisotopic (exact) mass is 292 g/mol. The normalized spacial score (nSPS) is 22.8. The number of nitriles is 1. The van der Waals surface area contributed by atoms with E-state index in [2.05, 4.69) is 4.74 Å². The molecule has 112 valence electrons. The van der Waals surface area contributed by atoms with E-state index in [1.165, 1.54) is 0 Å². The lowest BCUT2D eigenvalue weighted by Gasteiger charge is -2.24. The molecule has 0 saturated carbocycles. The summed E-state index contributed by atoms with van der Waals surface area (Å²) in [5.74, 6) is -3.59. The van der Waals surface area contributed by atoms with Crippen LogP contribution in [0.2, 0.25) is 0 Å². The Bertz CT molecular complexity index is 429. The van der Waals surface area contributed by atoms with Crippen molar-refractivity contribution in [3.63, 3.8) is 0 Å². The van der Waals surface area contributed by atoms with Crippen molar-refractivity contribution in [2.24, 2.45) is 5.92 Å². The molecule has 1 aliphatic heterocycles. The lowest BCUT2D eigenvalue weighted by atomic mass is 10.0. The Morgan fingerprint density at radius 2 is 2.00 bits per heavy atom. The number of esters is 2. The fourth-order valence-electron chi connectivity index (χ4n) is 2.26. The molecular formula is C12H15F3N2O3. The maximum atomic E-state index is 12.0. The number of rotatable bonds is 3. The van der Waals surface area contributed by atoms with Crippen molar-refractivity contribution in [2.45, 2.75) is 51.4 Å². The minimum atomic E-state index is -5.22. The van der Waals surface area contributed by atoms with Gasteiger partial charge in [0, 0.05) is 6.04 Å². The molecule has 0 bridgehead atoms. The predicted molar refractivity (Wildman–Crippen MR) is 60.9 cm³/mol. The zero-order valence-corrected chi connectivity index (χ0v) is 11.1. The SMILES string of the molecule is CC(C)CC1CCC(C(=O)OC(=O)C(F)(F)F)N1C#N. The maximum Gasteiger partial charge on any atom is 0.491 e. The molecule has 0 spiro atoms. The van der Waals surface area contributed by atoms with E-state index in [0.717, 1.165) is 4.90 Å². The van der Waals surface area contributed by atoms with Crippen LogP contribution in [-0.2, 0) is 14.3 Å². The van der Waals surface area contributed by atoms with Gasteiger partial charge in [-0.2, -0.15) is 18.4 Å². The molecule has 1 aliphatic rings. The van der Waals surface area contributed by atoms with E-state index in [0.29, 0.717) is 12.8 Å². The van der Waals surface area contributed by atoms with Crippen LogP contribution in [0.15, 0.2) is 0 Å². The van der Waals surface area contributed by atoms with Crippen molar-refractivity contribution in [3.8, 4) is 6.19 Å². The van der Waals surface area contributed by atoms with E-state index >= 15 is 0 Å². The fourth-order valence-corrected chi connectivity index (χ4v) is 2.26. The third kappa shape index (κ3) is 3.85. The highest BCUT2D eigenvalue weighted by Gasteiger charge is 2.46. The highest BCUT2D eigenvalue weighted by molar-refractivity contribution is 5.91. The topological polar surface area (TPSA) is 70.4 Å². The van der Waals surface area contributed by atoms with Gasteiger partial charge < -0.3 is 4.74 Å². The summed E-state index contributed by atoms with van der Waals surface area (Å²) in [4.78, 5) is 23.3. The summed E-state index contributed by atoms with van der Waals surface area (Å²) in [6, 6.07) is -1.33. The second kappa shape index (κ2) is 6.11. The summed E-state index contributed by atoms with van der Waals surface area (Å²) in [7, 11) is 0. The van der Waals surface area contributed by atoms with Gasteiger partial charge in [0.25, 0.3) is 0 Å². The van der Waals surface area contributed by atoms with E-state index < -0.39 is 24.2 Å². The maximum absolute atomic E-state index is 12.0. The van der Waals surface area contributed by atoms with Gasteiger partial charge in [-0.05, 0) is 25.2 Å². The van der Waals surface area contributed by atoms with Gasteiger partial charge in [0.2, 0.25) is 0 Å². The van der Waals surface area contributed by atoms with Gasteiger partial charge >= 0.3 is 18.1 Å².